The Morgan fingerprint density at radius 3 is 2.60 bits per heavy atom. The molecule has 1 heterocycles. The zero-order chi connectivity index (χ0) is 14.8. The standard InChI is InChI=1S/C15H21NO3S/c1-14(2,11-5-3-8-20-11)10-16-12(17)9-15(13(18)19)6-4-7-15/h3,5,8H,4,6-7,9-10H2,1-2H3,(H,16,17)(H,18,19). The molecule has 1 aliphatic carbocycles. The van der Waals surface area contributed by atoms with E-state index in [4.69, 9.17) is 0 Å². The van der Waals surface area contributed by atoms with E-state index < -0.39 is 11.4 Å². The van der Waals surface area contributed by atoms with Crippen LogP contribution in [0, 0.1) is 5.41 Å². The lowest BCUT2D eigenvalue weighted by atomic mass is 9.66. The summed E-state index contributed by atoms with van der Waals surface area (Å²) in [6.07, 6.45) is 2.23. The molecular formula is C15H21NO3S. The summed E-state index contributed by atoms with van der Waals surface area (Å²) >= 11 is 1.67. The van der Waals surface area contributed by atoms with Crippen molar-refractivity contribution in [2.24, 2.45) is 5.41 Å². The molecule has 4 nitrogen and oxygen atoms in total. The number of carboxylic acids is 1. The Morgan fingerprint density at radius 1 is 1.45 bits per heavy atom. The van der Waals surface area contributed by atoms with Crippen molar-refractivity contribution in [2.45, 2.75) is 44.9 Å². The predicted molar refractivity (Wildman–Crippen MR) is 78.9 cm³/mol. The fourth-order valence-corrected chi connectivity index (χ4v) is 3.36. The molecule has 0 radical (unpaired) electrons. The zero-order valence-corrected chi connectivity index (χ0v) is 12.8. The second-order valence-corrected chi connectivity index (χ2v) is 7.20. The molecule has 110 valence electrons. The van der Waals surface area contributed by atoms with E-state index in [0.717, 1.165) is 6.42 Å². The van der Waals surface area contributed by atoms with Gasteiger partial charge in [-0.2, -0.15) is 0 Å². The Bertz CT molecular complexity index is 489. The van der Waals surface area contributed by atoms with Crippen LogP contribution in [0.4, 0.5) is 0 Å². The van der Waals surface area contributed by atoms with Crippen LogP contribution in [0.25, 0.3) is 0 Å². The molecule has 0 atom stereocenters. The van der Waals surface area contributed by atoms with Crippen LogP contribution in [0.15, 0.2) is 17.5 Å². The molecule has 0 unspecified atom stereocenters. The minimum atomic E-state index is -0.837. The number of thiophene rings is 1. The van der Waals surface area contributed by atoms with Crippen molar-refractivity contribution in [1.82, 2.24) is 5.32 Å². The van der Waals surface area contributed by atoms with Gasteiger partial charge in [0.15, 0.2) is 0 Å². The van der Waals surface area contributed by atoms with Crippen LogP contribution in [0.1, 0.15) is 44.4 Å². The maximum atomic E-state index is 12.0. The Kier molecular flexibility index (Phi) is 4.18. The molecule has 0 aromatic carbocycles. The fourth-order valence-electron chi connectivity index (χ4n) is 2.51. The highest BCUT2D eigenvalue weighted by molar-refractivity contribution is 7.10. The number of carboxylic acid groups (broad SMARTS) is 1. The monoisotopic (exact) mass is 295 g/mol. The second-order valence-electron chi connectivity index (χ2n) is 6.25. The van der Waals surface area contributed by atoms with Gasteiger partial charge in [-0.15, -0.1) is 11.3 Å². The highest BCUT2D eigenvalue weighted by Gasteiger charge is 2.45. The molecule has 1 aromatic rings. The van der Waals surface area contributed by atoms with Gasteiger partial charge in [0.25, 0.3) is 0 Å². The van der Waals surface area contributed by atoms with Crippen LogP contribution in [-0.2, 0) is 15.0 Å². The quantitative estimate of drug-likeness (QED) is 0.848. The summed E-state index contributed by atoms with van der Waals surface area (Å²) in [5.41, 5.74) is -0.934. The van der Waals surface area contributed by atoms with Gasteiger partial charge in [-0.3, -0.25) is 9.59 Å². The molecule has 20 heavy (non-hydrogen) atoms. The average Bonchev–Trinajstić information content (AvgIpc) is 2.85. The first-order valence-electron chi connectivity index (χ1n) is 6.90. The molecule has 2 N–H and O–H groups in total. The number of carbonyl (C=O) groups excluding carboxylic acids is 1. The molecule has 1 aliphatic rings. The van der Waals surface area contributed by atoms with Gasteiger partial charge in [0, 0.05) is 23.3 Å². The number of rotatable bonds is 6. The minimum absolute atomic E-state index is 0.100. The molecule has 0 aliphatic heterocycles. The Balaban J connectivity index is 1.88. The SMILES string of the molecule is CC(C)(CNC(=O)CC1(C(=O)O)CCC1)c1cccs1. The van der Waals surface area contributed by atoms with Gasteiger partial charge in [-0.05, 0) is 24.3 Å². The van der Waals surface area contributed by atoms with Gasteiger partial charge < -0.3 is 10.4 Å². The Morgan fingerprint density at radius 2 is 2.15 bits per heavy atom. The van der Waals surface area contributed by atoms with E-state index in [-0.39, 0.29) is 17.7 Å². The van der Waals surface area contributed by atoms with E-state index in [0.29, 0.717) is 19.4 Å². The van der Waals surface area contributed by atoms with E-state index in [9.17, 15) is 14.7 Å². The van der Waals surface area contributed by atoms with E-state index in [1.165, 1.54) is 4.88 Å². The lowest BCUT2D eigenvalue weighted by Crippen LogP contribution is -2.44. The van der Waals surface area contributed by atoms with Crippen LogP contribution < -0.4 is 5.32 Å². The molecule has 1 amide bonds. The van der Waals surface area contributed by atoms with Crippen LogP contribution in [0.3, 0.4) is 0 Å². The first-order chi connectivity index (χ1) is 9.36. The Hall–Kier alpha value is -1.36. The number of carbonyl (C=O) groups is 2. The molecular weight excluding hydrogens is 274 g/mol. The summed E-state index contributed by atoms with van der Waals surface area (Å²) in [6.45, 7) is 4.69. The zero-order valence-electron chi connectivity index (χ0n) is 11.9. The summed E-state index contributed by atoms with van der Waals surface area (Å²) in [7, 11) is 0. The molecule has 1 aromatic heterocycles. The van der Waals surface area contributed by atoms with E-state index in [1.807, 2.05) is 11.4 Å². The first kappa shape index (κ1) is 15.0. The van der Waals surface area contributed by atoms with Crippen molar-refractivity contribution in [3.8, 4) is 0 Å². The smallest absolute Gasteiger partial charge is 0.310 e. The number of hydrogen-bond acceptors (Lipinski definition) is 3. The molecule has 2 rings (SSSR count). The third kappa shape index (κ3) is 3.03. The van der Waals surface area contributed by atoms with Crippen LogP contribution >= 0.6 is 11.3 Å². The van der Waals surface area contributed by atoms with Crippen molar-refractivity contribution < 1.29 is 14.7 Å². The molecule has 1 fully saturated rings. The number of amides is 1. The largest absolute Gasteiger partial charge is 0.481 e. The summed E-state index contributed by atoms with van der Waals surface area (Å²) in [5, 5.41) is 14.1. The van der Waals surface area contributed by atoms with Crippen molar-refractivity contribution >= 4 is 23.2 Å². The van der Waals surface area contributed by atoms with Gasteiger partial charge in [0.05, 0.1) is 5.41 Å². The highest BCUT2D eigenvalue weighted by atomic mass is 32.1. The molecule has 0 bridgehead atoms. The summed E-state index contributed by atoms with van der Waals surface area (Å²) < 4.78 is 0. The minimum Gasteiger partial charge on any atom is -0.481 e. The van der Waals surface area contributed by atoms with Crippen molar-refractivity contribution in [3.05, 3.63) is 22.4 Å². The fraction of sp³-hybridized carbons (Fsp3) is 0.600. The average molecular weight is 295 g/mol. The van der Waals surface area contributed by atoms with Crippen LogP contribution in [0.5, 0.6) is 0 Å². The third-order valence-corrected chi connectivity index (χ3v) is 5.41. The maximum Gasteiger partial charge on any atom is 0.310 e. The summed E-state index contributed by atoms with van der Waals surface area (Å²) in [4.78, 5) is 24.5. The van der Waals surface area contributed by atoms with E-state index in [2.05, 4.69) is 25.2 Å². The molecule has 0 saturated heterocycles. The van der Waals surface area contributed by atoms with Crippen molar-refractivity contribution in [3.63, 3.8) is 0 Å². The van der Waals surface area contributed by atoms with Crippen LogP contribution in [-0.4, -0.2) is 23.5 Å². The van der Waals surface area contributed by atoms with Gasteiger partial charge in [-0.25, -0.2) is 0 Å². The number of hydrogen-bond donors (Lipinski definition) is 2. The summed E-state index contributed by atoms with van der Waals surface area (Å²) in [6, 6.07) is 4.05. The maximum absolute atomic E-state index is 12.0. The van der Waals surface area contributed by atoms with Gasteiger partial charge >= 0.3 is 5.97 Å². The lowest BCUT2D eigenvalue weighted by molar-refractivity contribution is -0.157. The first-order valence-corrected chi connectivity index (χ1v) is 7.78. The molecule has 1 saturated carbocycles. The van der Waals surface area contributed by atoms with E-state index >= 15 is 0 Å². The molecule has 0 spiro atoms. The summed E-state index contributed by atoms with van der Waals surface area (Å²) in [5.74, 6) is -0.992. The van der Waals surface area contributed by atoms with Gasteiger partial charge in [0.2, 0.25) is 5.91 Å². The topological polar surface area (TPSA) is 66.4 Å². The number of nitrogens with one attached hydrogen (secondary N) is 1. The van der Waals surface area contributed by atoms with Crippen molar-refractivity contribution in [2.75, 3.05) is 6.54 Å². The third-order valence-electron chi connectivity index (χ3n) is 4.18. The Labute approximate surface area is 123 Å². The van der Waals surface area contributed by atoms with Gasteiger partial charge in [-0.1, -0.05) is 26.3 Å². The van der Waals surface area contributed by atoms with E-state index in [1.54, 1.807) is 11.3 Å². The lowest BCUT2D eigenvalue weighted by Gasteiger charge is -2.37. The van der Waals surface area contributed by atoms with Crippen molar-refractivity contribution in [1.29, 1.82) is 0 Å². The highest BCUT2D eigenvalue weighted by Crippen LogP contribution is 2.44. The second kappa shape index (κ2) is 5.56. The number of aliphatic carboxylic acids is 1. The van der Waals surface area contributed by atoms with Crippen LogP contribution in [0.2, 0.25) is 0 Å². The molecule has 5 heteroatoms. The normalized spacial score (nSPS) is 17.3. The predicted octanol–water partition coefficient (Wildman–Crippen LogP) is 2.79. The van der Waals surface area contributed by atoms with Gasteiger partial charge in [0.1, 0.15) is 0 Å².